The van der Waals surface area contributed by atoms with Crippen LogP contribution in [0, 0.1) is 5.82 Å². The first-order chi connectivity index (χ1) is 12.6. The smallest absolute Gasteiger partial charge is 0.238 e. The van der Waals surface area contributed by atoms with Crippen LogP contribution in [0.5, 0.6) is 0 Å². The second-order valence-electron chi connectivity index (χ2n) is 6.58. The van der Waals surface area contributed by atoms with Crippen molar-refractivity contribution in [3.05, 3.63) is 42.3 Å². The number of nitrogens with one attached hydrogen (secondary N) is 1. The number of rotatable bonds is 5. The molecule has 3 fully saturated rings. The fourth-order valence-corrected chi connectivity index (χ4v) is 3.99. The van der Waals surface area contributed by atoms with Crippen LogP contribution in [0.3, 0.4) is 0 Å². The minimum absolute atomic E-state index is 0.0635. The number of aromatic nitrogens is 2. The van der Waals surface area contributed by atoms with Crippen molar-refractivity contribution in [1.29, 1.82) is 0 Å². The molecule has 1 amide bonds. The maximum absolute atomic E-state index is 12.9. The summed E-state index contributed by atoms with van der Waals surface area (Å²) in [5, 5.41) is 3.61. The van der Waals surface area contributed by atoms with E-state index >= 15 is 0 Å². The maximum atomic E-state index is 12.9. The molecule has 26 heavy (non-hydrogen) atoms. The predicted molar refractivity (Wildman–Crippen MR) is 100.0 cm³/mol. The van der Waals surface area contributed by atoms with Gasteiger partial charge in [0.1, 0.15) is 11.6 Å². The Bertz CT molecular complexity index is 790. The molecule has 0 saturated carbocycles. The monoisotopic (exact) mass is 373 g/mol. The molecule has 0 spiro atoms. The number of nitrogens with zero attached hydrogens (tertiary/aromatic N) is 4. The molecular formula is C18H20FN5OS. The number of carbonyl (C=O) groups excluding carboxylic acids is 1. The van der Waals surface area contributed by atoms with E-state index in [0.29, 0.717) is 24.3 Å². The first kappa shape index (κ1) is 17.2. The Balaban J connectivity index is 1.34. The molecule has 3 saturated heterocycles. The average molecular weight is 373 g/mol. The molecule has 0 aliphatic carbocycles. The molecule has 136 valence electrons. The van der Waals surface area contributed by atoms with Crippen LogP contribution in [0.1, 0.15) is 6.42 Å². The van der Waals surface area contributed by atoms with E-state index in [0.717, 1.165) is 30.5 Å². The van der Waals surface area contributed by atoms with E-state index in [2.05, 4.69) is 25.1 Å². The summed E-state index contributed by atoms with van der Waals surface area (Å²) in [6, 6.07) is 8.50. The van der Waals surface area contributed by atoms with E-state index in [4.69, 9.17) is 0 Å². The second kappa shape index (κ2) is 7.20. The third-order valence-electron chi connectivity index (χ3n) is 4.92. The maximum Gasteiger partial charge on any atom is 0.238 e. The summed E-state index contributed by atoms with van der Waals surface area (Å²) < 4.78 is 12.9. The summed E-state index contributed by atoms with van der Waals surface area (Å²) in [6.45, 7) is 2.09. The van der Waals surface area contributed by atoms with E-state index in [1.54, 1.807) is 18.3 Å². The molecule has 3 aliphatic heterocycles. The summed E-state index contributed by atoms with van der Waals surface area (Å²) in [4.78, 5) is 25.6. The van der Waals surface area contributed by atoms with Gasteiger partial charge in [0.25, 0.3) is 0 Å². The fraction of sp³-hybridized carbons (Fsp3) is 0.389. The quantitative estimate of drug-likeness (QED) is 0.641. The highest BCUT2D eigenvalue weighted by Crippen LogP contribution is 2.34. The molecule has 2 aromatic rings. The molecule has 2 atom stereocenters. The Kier molecular flexibility index (Phi) is 4.78. The number of hydrogen-bond donors (Lipinski definition) is 1. The van der Waals surface area contributed by atoms with Gasteiger partial charge >= 0.3 is 0 Å². The number of anilines is 2. The van der Waals surface area contributed by atoms with Gasteiger partial charge in [0.2, 0.25) is 5.91 Å². The first-order valence-electron chi connectivity index (χ1n) is 8.55. The summed E-state index contributed by atoms with van der Waals surface area (Å²) >= 11 is 1.53. The Morgan fingerprint density at radius 2 is 2.00 bits per heavy atom. The standard InChI is InChI=1S/C18H20FN5OS/c1-26-18-20-7-6-16(22-18)23-9-14-8-15(10-23)24(14)11-17(25)21-13-4-2-12(19)3-5-13/h2-7,14-15H,8-11H2,1H3,(H,21,25). The number of carbonyl (C=O) groups is 1. The van der Waals surface area contributed by atoms with Crippen LogP contribution in [-0.2, 0) is 4.79 Å². The molecule has 1 aromatic heterocycles. The molecule has 2 unspecified atom stereocenters. The highest BCUT2D eigenvalue weighted by Gasteiger charge is 2.45. The third kappa shape index (κ3) is 3.52. The molecule has 6 nitrogen and oxygen atoms in total. The zero-order valence-electron chi connectivity index (χ0n) is 14.4. The molecule has 1 N–H and O–H groups in total. The number of benzene rings is 1. The number of thioether (sulfide) groups is 1. The van der Waals surface area contributed by atoms with Crippen LogP contribution in [-0.4, -0.2) is 58.7 Å². The third-order valence-corrected chi connectivity index (χ3v) is 5.49. The van der Waals surface area contributed by atoms with Crippen LogP contribution >= 0.6 is 11.8 Å². The summed E-state index contributed by atoms with van der Waals surface area (Å²) in [5.41, 5.74) is 0.620. The van der Waals surface area contributed by atoms with Gasteiger partial charge < -0.3 is 10.2 Å². The van der Waals surface area contributed by atoms with Crippen molar-refractivity contribution >= 4 is 29.2 Å². The zero-order valence-corrected chi connectivity index (χ0v) is 15.2. The molecule has 5 rings (SSSR count). The summed E-state index contributed by atoms with van der Waals surface area (Å²) in [5.74, 6) is 0.579. The minimum Gasteiger partial charge on any atom is -0.353 e. The van der Waals surface area contributed by atoms with Crippen molar-refractivity contribution in [1.82, 2.24) is 14.9 Å². The normalized spacial score (nSPS) is 22.0. The van der Waals surface area contributed by atoms with E-state index < -0.39 is 0 Å². The van der Waals surface area contributed by atoms with Crippen LogP contribution in [0.4, 0.5) is 15.9 Å². The Morgan fingerprint density at radius 3 is 2.69 bits per heavy atom. The highest BCUT2D eigenvalue weighted by molar-refractivity contribution is 7.98. The van der Waals surface area contributed by atoms with E-state index in [1.165, 1.54) is 23.9 Å². The van der Waals surface area contributed by atoms with Gasteiger partial charge in [0.15, 0.2) is 5.16 Å². The number of fused-ring (bicyclic) bond motifs is 2. The van der Waals surface area contributed by atoms with Gasteiger partial charge in [-0.2, -0.15) is 0 Å². The van der Waals surface area contributed by atoms with Gasteiger partial charge in [-0.3, -0.25) is 9.69 Å². The van der Waals surface area contributed by atoms with Crippen LogP contribution in [0.2, 0.25) is 0 Å². The molecule has 1 aromatic carbocycles. The van der Waals surface area contributed by atoms with Crippen LogP contribution < -0.4 is 10.2 Å². The molecular weight excluding hydrogens is 353 g/mol. The van der Waals surface area contributed by atoms with Crippen molar-refractivity contribution in [3.8, 4) is 0 Å². The van der Waals surface area contributed by atoms with Gasteiger partial charge in [-0.05, 0) is 43.0 Å². The summed E-state index contributed by atoms with van der Waals surface area (Å²) in [6.07, 6.45) is 4.87. The van der Waals surface area contributed by atoms with E-state index in [1.807, 2.05) is 12.3 Å². The van der Waals surface area contributed by atoms with Gasteiger partial charge in [-0.1, -0.05) is 11.8 Å². The van der Waals surface area contributed by atoms with E-state index in [-0.39, 0.29) is 11.7 Å². The number of halogens is 1. The molecule has 0 radical (unpaired) electrons. The van der Waals surface area contributed by atoms with Crippen LogP contribution in [0.25, 0.3) is 0 Å². The fourth-order valence-electron chi connectivity index (χ4n) is 3.64. The van der Waals surface area contributed by atoms with Gasteiger partial charge in [-0.25, -0.2) is 14.4 Å². The van der Waals surface area contributed by atoms with Gasteiger partial charge in [-0.15, -0.1) is 0 Å². The zero-order chi connectivity index (χ0) is 18.1. The number of hydrogen-bond acceptors (Lipinski definition) is 6. The molecule has 4 heterocycles. The van der Waals surface area contributed by atoms with Gasteiger partial charge in [0.05, 0.1) is 6.54 Å². The molecule has 3 aliphatic rings. The number of piperazine rings is 1. The first-order valence-corrected chi connectivity index (χ1v) is 9.78. The lowest BCUT2D eigenvalue weighted by Gasteiger charge is -2.56. The largest absolute Gasteiger partial charge is 0.353 e. The van der Waals surface area contributed by atoms with Crippen molar-refractivity contribution in [2.75, 3.05) is 36.1 Å². The van der Waals surface area contributed by atoms with E-state index in [9.17, 15) is 9.18 Å². The minimum atomic E-state index is -0.310. The second-order valence-corrected chi connectivity index (χ2v) is 7.35. The Morgan fingerprint density at radius 1 is 1.27 bits per heavy atom. The van der Waals surface area contributed by atoms with Crippen LogP contribution in [0.15, 0.2) is 41.7 Å². The number of piperidine rings is 1. The number of amides is 1. The lowest BCUT2D eigenvalue weighted by molar-refractivity contribution is -0.121. The van der Waals surface area contributed by atoms with Gasteiger partial charge in [0, 0.05) is 37.1 Å². The van der Waals surface area contributed by atoms with Crippen molar-refractivity contribution in [2.45, 2.75) is 23.7 Å². The van der Waals surface area contributed by atoms with Crippen molar-refractivity contribution in [2.24, 2.45) is 0 Å². The SMILES string of the molecule is CSc1nccc(N2CC3CC(C2)N3CC(=O)Nc2ccc(F)cc2)n1. The Labute approximate surface area is 155 Å². The molecule has 8 heteroatoms. The average Bonchev–Trinajstić information content (AvgIpc) is 2.68. The molecule has 2 bridgehead atoms. The summed E-state index contributed by atoms with van der Waals surface area (Å²) in [7, 11) is 0. The van der Waals surface area contributed by atoms with Crippen molar-refractivity contribution in [3.63, 3.8) is 0 Å². The van der Waals surface area contributed by atoms with Crippen molar-refractivity contribution < 1.29 is 9.18 Å². The lowest BCUT2D eigenvalue weighted by atomic mass is 9.87. The Hall–Kier alpha value is -2.19. The lowest BCUT2D eigenvalue weighted by Crippen LogP contribution is -2.69. The topological polar surface area (TPSA) is 61.4 Å². The predicted octanol–water partition coefficient (Wildman–Crippen LogP) is 2.24. The highest BCUT2D eigenvalue weighted by atomic mass is 32.2.